The lowest BCUT2D eigenvalue weighted by Crippen LogP contribution is -2.18. The Kier molecular flexibility index (Phi) is 5.03. The average Bonchev–Trinajstić information content (AvgIpc) is 2.24. The molecule has 1 aromatic carbocycles. The van der Waals surface area contributed by atoms with E-state index in [1.165, 1.54) is 12.1 Å². The lowest BCUT2D eigenvalue weighted by atomic mass is 9.83. The van der Waals surface area contributed by atoms with Crippen molar-refractivity contribution in [2.45, 2.75) is 39.5 Å². The van der Waals surface area contributed by atoms with Crippen molar-refractivity contribution in [2.24, 2.45) is 5.41 Å². The Hall–Kier alpha value is -1.72. The summed E-state index contributed by atoms with van der Waals surface area (Å²) in [5, 5.41) is 8.77. The van der Waals surface area contributed by atoms with Crippen LogP contribution in [0.1, 0.15) is 32.3 Å². The molecule has 0 fully saturated rings. The maximum Gasteiger partial charge on any atom is 0.573 e. The van der Waals surface area contributed by atoms with E-state index in [4.69, 9.17) is 5.11 Å². The molecule has 0 saturated carbocycles. The van der Waals surface area contributed by atoms with E-state index in [1.54, 1.807) is 12.1 Å². The number of benzene rings is 1. The van der Waals surface area contributed by atoms with Crippen LogP contribution in [0.3, 0.4) is 0 Å². The van der Waals surface area contributed by atoms with Crippen molar-refractivity contribution in [3.05, 3.63) is 29.8 Å². The van der Waals surface area contributed by atoms with Gasteiger partial charge in [0.15, 0.2) is 0 Å². The minimum atomic E-state index is -4.69. The predicted molar refractivity (Wildman–Crippen MR) is 67.5 cm³/mol. The van der Waals surface area contributed by atoms with Crippen molar-refractivity contribution in [1.29, 1.82) is 0 Å². The summed E-state index contributed by atoms with van der Waals surface area (Å²) in [6.45, 7) is 3.70. The summed E-state index contributed by atoms with van der Waals surface area (Å²) < 4.78 is 39.7. The second-order valence-corrected chi connectivity index (χ2v) is 5.43. The average molecular weight is 290 g/mol. The molecule has 0 aliphatic heterocycles. The minimum Gasteiger partial charge on any atom is -0.481 e. The number of aryl methyl sites for hydroxylation is 1. The minimum absolute atomic E-state index is 0.0578. The third-order valence-electron chi connectivity index (χ3n) is 2.88. The summed E-state index contributed by atoms with van der Waals surface area (Å²) in [5.41, 5.74) is 0.491. The van der Waals surface area contributed by atoms with Gasteiger partial charge in [-0.1, -0.05) is 26.0 Å². The maximum atomic E-state index is 12.0. The second-order valence-electron chi connectivity index (χ2n) is 5.43. The molecule has 6 heteroatoms. The Morgan fingerprint density at radius 3 is 2.20 bits per heavy atom. The highest BCUT2D eigenvalue weighted by Gasteiger charge is 2.31. The molecule has 1 aromatic rings. The van der Waals surface area contributed by atoms with Crippen LogP contribution in [0.15, 0.2) is 24.3 Å². The number of aliphatic carboxylic acids is 1. The molecule has 20 heavy (non-hydrogen) atoms. The summed E-state index contributed by atoms with van der Waals surface area (Å²) in [7, 11) is 0. The highest BCUT2D eigenvalue weighted by atomic mass is 19.4. The fraction of sp³-hybridized carbons (Fsp3) is 0.500. The zero-order valence-electron chi connectivity index (χ0n) is 11.3. The molecule has 1 rings (SSSR count). The molecule has 3 nitrogen and oxygen atoms in total. The molecule has 112 valence electrons. The molecule has 0 aromatic heterocycles. The Labute approximate surface area is 115 Å². The van der Waals surface area contributed by atoms with Crippen LogP contribution < -0.4 is 4.74 Å². The monoisotopic (exact) mass is 290 g/mol. The maximum absolute atomic E-state index is 12.0. The first-order chi connectivity index (χ1) is 9.07. The van der Waals surface area contributed by atoms with Gasteiger partial charge in [-0.2, -0.15) is 0 Å². The van der Waals surface area contributed by atoms with Gasteiger partial charge in [0.1, 0.15) is 5.75 Å². The first-order valence-electron chi connectivity index (χ1n) is 6.14. The summed E-state index contributed by atoms with van der Waals surface area (Å²) >= 11 is 0. The molecule has 0 aliphatic rings. The molecule has 0 aliphatic carbocycles. The van der Waals surface area contributed by atoms with Crippen LogP contribution >= 0.6 is 0 Å². The molecule has 0 bridgehead atoms. The molecule has 0 atom stereocenters. The van der Waals surface area contributed by atoms with E-state index < -0.39 is 12.3 Å². The van der Waals surface area contributed by atoms with Gasteiger partial charge >= 0.3 is 12.3 Å². The van der Waals surface area contributed by atoms with Crippen molar-refractivity contribution < 1.29 is 27.8 Å². The van der Waals surface area contributed by atoms with Crippen molar-refractivity contribution in [3.63, 3.8) is 0 Å². The molecular formula is C14H17F3O3. The van der Waals surface area contributed by atoms with Gasteiger partial charge in [-0.05, 0) is 36.0 Å². The van der Waals surface area contributed by atoms with Crippen molar-refractivity contribution in [1.82, 2.24) is 0 Å². The number of ether oxygens (including phenoxy) is 1. The van der Waals surface area contributed by atoms with Crippen LogP contribution in [0, 0.1) is 5.41 Å². The molecule has 0 radical (unpaired) electrons. The number of hydrogen-bond donors (Lipinski definition) is 1. The van der Waals surface area contributed by atoms with Gasteiger partial charge in [-0.3, -0.25) is 4.79 Å². The molecule has 0 heterocycles. The van der Waals surface area contributed by atoms with Crippen molar-refractivity contribution in [2.75, 3.05) is 0 Å². The molecule has 0 unspecified atom stereocenters. The highest BCUT2D eigenvalue weighted by Crippen LogP contribution is 2.28. The van der Waals surface area contributed by atoms with Crippen LogP contribution in [0.2, 0.25) is 0 Å². The fourth-order valence-electron chi connectivity index (χ4n) is 1.84. The van der Waals surface area contributed by atoms with Crippen LogP contribution in [-0.2, 0) is 11.2 Å². The summed E-state index contributed by atoms with van der Waals surface area (Å²) in [5.74, 6) is -1.12. The van der Waals surface area contributed by atoms with E-state index in [-0.39, 0.29) is 17.6 Å². The third-order valence-corrected chi connectivity index (χ3v) is 2.88. The standard InChI is InChI=1S/C14H17F3O3/c1-13(2,9-12(18)19)8-7-10-3-5-11(6-4-10)20-14(15,16)17/h3-6H,7-9H2,1-2H3,(H,18,19). The number of halogens is 3. The smallest absolute Gasteiger partial charge is 0.481 e. The highest BCUT2D eigenvalue weighted by molar-refractivity contribution is 5.67. The quantitative estimate of drug-likeness (QED) is 0.860. The molecule has 0 spiro atoms. The number of carboxylic acid groups (broad SMARTS) is 1. The zero-order chi connectivity index (χ0) is 15.4. The Morgan fingerprint density at radius 1 is 1.20 bits per heavy atom. The molecule has 0 amide bonds. The topological polar surface area (TPSA) is 46.5 Å². The Balaban J connectivity index is 2.56. The van der Waals surface area contributed by atoms with Crippen LogP contribution in [0.5, 0.6) is 5.75 Å². The van der Waals surface area contributed by atoms with Gasteiger partial charge < -0.3 is 9.84 Å². The van der Waals surface area contributed by atoms with E-state index in [9.17, 15) is 18.0 Å². The summed E-state index contributed by atoms with van der Waals surface area (Å²) in [6, 6.07) is 5.62. The first kappa shape index (κ1) is 16.3. The Morgan fingerprint density at radius 2 is 1.75 bits per heavy atom. The largest absolute Gasteiger partial charge is 0.573 e. The number of carboxylic acids is 1. The first-order valence-corrected chi connectivity index (χ1v) is 6.14. The van der Waals surface area contributed by atoms with Gasteiger partial charge in [0, 0.05) is 0 Å². The van der Waals surface area contributed by atoms with Crippen LogP contribution in [0.4, 0.5) is 13.2 Å². The number of hydrogen-bond acceptors (Lipinski definition) is 2. The normalized spacial score (nSPS) is 12.2. The number of rotatable bonds is 6. The third kappa shape index (κ3) is 6.45. The van der Waals surface area contributed by atoms with Gasteiger partial charge in [0.2, 0.25) is 0 Å². The lowest BCUT2D eigenvalue weighted by molar-refractivity contribution is -0.274. The lowest BCUT2D eigenvalue weighted by Gasteiger charge is -2.22. The fourth-order valence-corrected chi connectivity index (χ4v) is 1.84. The van der Waals surface area contributed by atoms with Gasteiger partial charge in [-0.15, -0.1) is 13.2 Å². The number of carbonyl (C=O) groups is 1. The van der Waals surface area contributed by atoms with Crippen LogP contribution in [0.25, 0.3) is 0 Å². The molecule has 1 N–H and O–H groups in total. The van der Waals surface area contributed by atoms with E-state index >= 15 is 0 Å². The van der Waals surface area contributed by atoms with Crippen molar-refractivity contribution in [3.8, 4) is 5.75 Å². The summed E-state index contributed by atoms with van der Waals surface area (Å²) in [4.78, 5) is 10.7. The van der Waals surface area contributed by atoms with Gasteiger partial charge in [0.05, 0.1) is 6.42 Å². The van der Waals surface area contributed by atoms with E-state index in [0.717, 1.165) is 5.56 Å². The van der Waals surface area contributed by atoms with Gasteiger partial charge in [-0.25, -0.2) is 0 Å². The van der Waals surface area contributed by atoms with Crippen molar-refractivity contribution >= 4 is 5.97 Å². The SMILES string of the molecule is CC(C)(CCc1ccc(OC(F)(F)F)cc1)CC(=O)O. The zero-order valence-corrected chi connectivity index (χ0v) is 11.3. The molecular weight excluding hydrogens is 273 g/mol. The summed E-state index contributed by atoms with van der Waals surface area (Å²) in [6.07, 6.45) is -3.39. The molecule has 0 saturated heterocycles. The Bertz CT molecular complexity index is 450. The van der Waals surface area contributed by atoms with Crippen LogP contribution in [-0.4, -0.2) is 17.4 Å². The van der Waals surface area contributed by atoms with E-state index in [2.05, 4.69) is 4.74 Å². The number of alkyl halides is 3. The second kappa shape index (κ2) is 6.15. The van der Waals surface area contributed by atoms with E-state index in [0.29, 0.717) is 12.8 Å². The van der Waals surface area contributed by atoms with Gasteiger partial charge in [0.25, 0.3) is 0 Å². The predicted octanol–water partition coefficient (Wildman–Crippen LogP) is 4.02. The van der Waals surface area contributed by atoms with E-state index in [1.807, 2.05) is 13.8 Å².